The summed E-state index contributed by atoms with van der Waals surface area (Å²) < 4.78 is 1.77. The zero-order valence-corrected chi connectivity index (χ0v) is 16.2. The lowest BCUT2D eigenvalue weighted by atomic mass is 10.1. The van der Waals surface area contributed by atoms with Gasteiger partial charge in [-0.05, 0) is 49.1 Å². The van der Waals surface area contributed by atoms with Crippen LogP contribution in [0.15, 0.2) is 60.8 Å². The van der Waals surface area contributed by atoms with Crippen LogP contribution < -0.4 is 10.6 Å². The van der Waals surface area contributed by atoms with E-state index in [1.807, 2.05) is 48.7 Å². The molecule has 29 heavy (non-hydrogen) atoms. The molecule has 0 aliphatic carbocycles. The van der Waals surface area contributed by atoms with Crippen molar-refractivity contribution >= 4 is 5.91 Å². The lowest BCUT2D eigenvalue weighted by molar-refractivity contribution is -0.124. The Hall–Kier alpha value is -3.03. The first-order valence-electron chi connectivity index (χ1n) is 9.93. The topological polar surface area (TPSA) is 92.1 Å². The van der Waals surface area contributed by atoms with E-state index in [9.17, 15) is 9.90 Å². The first-order chi connectivity index (χ1) is 14.2. The van der Waals surface area contributed by atoms with E-state index in [0.717, 1.165) is 29.8 Å². The second kappa shape index (κ2) is 8.98. The highest BCUT2D eigenvalue weighted by molar-refractivity contribution is 5.82. The number of aliphatic hydroxyl groups excluding tert-OH is 1. The van der Waals surface area contributed by atoms with E-state index in [4.69, 9.17) is 0 Å². The van der Waals surface area contributed by atoms with E-state index in [-0.39, 0.29) is 5.91 Å². The van der Waals surface area contributed by atoms with Crippen LogP contribution in [-0.2, 0) is 24.2 Å². The van der Waals surface area contributed by atoms with Crippen LogP contribution in [0.5, 0.6) is 0 Å². The molecule has 4 rings (SSSR count). The molecule has 150 valence electrons. The molecule has 1 aliphatic rings. The number of nitrogens with zero attached hydrogens (tertiary/aromatic N) is 3. The van der Waals surface area contributed by atoms with E-state index < -0.39 is 12.1 Å². The van der Waals surface area contributed by atoms with Gasteiger partial charge in [0.1, 0.15) is 6.04 Å². The summed E-state index contributed by atoms with van der Waals surface area (Å²) >= 11 is 0. The summed E-state index contributed by atoms with van der Waals surface area (Å²) in [6.45, 7) is 1.09. The average Bonchev–Trinajstić information content (AvgIpc) is 3.41. The lowest BCUT2D eigenvalue weighted by Gasteiger charge is -2.14. The van der Waals surface area contributed by atoms with Gasteiger partial charge in [0.15, 0.2) is 0 Å². The molecule has 1 fully saturated rings. The normalized spacial score (nSPS) is 18.7. The number of aromatic nitrogens is 3. The zero-order valence-electron chi connectivity index (χ0n) is 16.2. The first kappa shape index (κ1) is 19.3. The maximum absolute atomic E-state index is 12.1. The van der Waals surface area contributed by atoms with Crippen LogP contribution in [0.25, 0.3) is 5.69 Å². The van der Waals surface area contributed by atoms with E-state index in [0.29, 0.717) is 19.5 Å². The Morgan fingerprint density at radius 1 is 1.10 bits per heavy atom. The number of nitrogens with one attached hydrogen (secondary N) is 2. The van der Waals surface area contributed by atoms with Crippen molar-refractivity contribution in [3.63, 3.8) is 0 Å². The van der Waals surface area contributed by atoms with E-state index in [2.05, 4.69) is 33.1 Å². The number of carbonyl (C=O) groups is 1. The van der Waals surface area contributed by atoms with Gasteiger partial charge < -0.3 is 15.7 Å². The predicted octanol–water partition coefficient (Wildman–Crippen LogP) is 1.39. The number of aryl methyl sites for hydroxylation is 2. The molecule has 3 N–H and O–H groups in total. The van der Waals surface area contributed by atoms with E-state index in [1.165, 1.54) is 5.56 Å². The number of aliphatic hydroxyl groups is 1. The Balaban J connectivity index is 1.31. The monoisotopic (exact) mass is 391 g/mol. The van der Waals surface area contributed by atoms with Gasteiger partial charge in [-0.1, -0.05) is 47.7 Å². The summed E-state index contributed by atoms with van der Waals surface area (Å²) in [5.74, 6) is -0.168. The third-order valence-corrected chi connectivity index (χ3v) is 5.19. The van der Waals surface area contributed by atoms with E-state index >= 15 is 0 Å². The molecule has 0 saturated carbocycles. The van der Waals surface area contributed by atoms with Crippen LogP contribution in [0.1, 0.15) is 23.2 Å². The molecule has 3 aromatic rings. The Bertz CT molecular complexity index is 939. The van der Waals surface area contributed by atoms with Crippen LogP contribution in [0.3, 0.4) is 0 Å². The van der Waals surface area contributed by atoms with Crippen molar-refractivity contribution in [3.05, 3.63) is 77.6 Å². The highest BCUT2D eigenvalue weighted by Crippen LogP contribution is 2.12. The van der Waals surface area contributed by atoms with Crippen molar-refractivity contribution in [3.8, 4) is 5.69 Å². The molecular formula is C22H25N5O2. The second-order valence-electron chi connectivity index (χ2n) is 7.31. The number of hydrogen-bond donors (Lipinski definition) is 3. The van der Waals surface area contributed by atoms with Crippen LogP contribution in [-0.4, -0.2) is 44.7 Å². The minimum absolute atomic E-state index is 0.168. The standard InChI is InChI=1S/C22H25N5O2/c28-20-12-13-23-21(20)22(29)24-14-17-7-10-19(11-8-17)27-15-18(25-26-27)9-6-16-4-2-1-3-5-16/h1-5,7-8,10-11,15,20-21,23,28H,6,9,12-14H2,(H,24,29)/t20-,21-/m0/s1. The van der Waals surface area contributed by atoms with Gasteiger partial charge in [0.05, 0.1) is 23.7 Å². The first-order valence-corrected chi connectivity index (χ1v) is 9.93. The van der Waals surface area contributed by atoms with Crippen LogP contribution >= 0.6 is 0 Å². The quantitative estimate of drug-likeness (QED) is 0.566. The molecule has 1 aliphatic heterocycles. The number of carbonyl (C=O) groups excluding carboxylic acids is 1. The number of hydrogen-bond acceptors (Lipinski definition) is 5. The predicted molar refractivity (Wildman–Crippen MR) is 109 cm³/mol. The third-order valence-electron chi connectivity index (χ3n) is 5.19. The summed E-state index contributed by atoms with van der Waals surface area (Å²) in [4.78, 5) is 12.1. The Morgan fingerprint density at radius 2 is 1.90 bits per heavy atom. The second-order valence-corrected chi connectivity index (χ2v) is 7.31. The molecule has 0 unspecified atom stereocenters. The molecule has 2 heterocycles. The average molecular weight is 391 g/mol. The molecular weight excluding hydrogens is 366 g/mol. The Kier molecular flexibility index (Phi) is 5.97. The van der Waals surface area contributed by atoms with Crippen molar-refractivity contribution in [1.82, 2.24) is 25.6 Å². The fourth-order valence-corrected chi connectivity index (χ4v) is 3.48. The fraction of sp³-hybridized carbons (Fsp3) is 0.318. The molecule has 0 spiro atoms. The summed E-state index contributed by atoms with van der Waals surface area (Å²) in [5, 5.41) is 24.2. The summed E-state index contributed by atoms with van der Waals surface area (Å²) in [5.41, 5.74) is 4.15. The molecule has 1 amide bonds. The number of rotatable bonds is 7. The van der Waals surface area contributed by atoms with Crippen molar-refractivity contribution in [2.45, 2.75) is 38.0 Å². The minimum Gasteiger partial charge on any atom is -0.391 e. The van der Waals surface area contributed by atoms with Crippen molar-refractivity contribution in [2.75, 3.05) is 6.54 Å². The molecule has 0 bridgehead atoms. The maximum Gasteiger partial charge on any atom is 0.240 e. The molecule has 7 heteroatoms. The Labute approximate surface area is 169 Å². The van der Waals surface area contributed by atoms with Gasteiger partial charge in [0.2, 0.25) is 5.91 Å². The SMILES string of the molecule is O=C(NCc1ccc(-n2cc(CCc3ccccc3)nn2)cc1)[C@H]1NCC[C@@H]1O. The Morgan fingerprint density at radius 3 is 2.62 bits per heavy atom. The highest BCUT2D eigenvalue weighted by atomic mass is 16.3. The number of amides is 1. The molecule has 7 nitrogen and oxygen atoms in total. The van der Waals surface area contributed by atoms with Gasteiger partial charge in [-0.3, -0.25) is 4.79 Å². The number of benzene rings is 2. The van der Waals surface area contributed by atoms with Crippen molar-refractivity contribution < 1.29 is 9.90 Å². The minimum atomic E-state index is -0.610. The third kappa shape index (κ3) is 4.88. The van der Waals surface area contributed by atoms with Crippen LogP contribution in [0.4, 0.5) is 0 Å². The molecule has 2 aromatic carbocycles. The smallest absolute Gasteiger partial charge is 0.240 e. The van der Waals surface area contributed by atoms with Gasteiger partial charge in [-0.15, -0.1) is 5.10 Å². The van der Waals surface area contributed by atoms with Crippen LogP contribution in [0, 0.1) is 0 Å². The molecule has 1 saturated heterocycles. The molecule has 1 aromatic heterocycles. The van der Waals surface area contributed by atoms with Crippen molar-refractivity contribution in [1.29, 1.82) is 0 Å². The zero-order chi connectivity index (χ0) is 20.1. The fourth-order valence-electron chi connectivity index (χ4n) is 3.48. The molecule has 0 radical (unpaired) electrons. The van der Waals surface area contributed by atoms with Crippen molar-refractivity contribution in [2.24, 2.45) is 0 Å². The van der Waals surface area contributed by atoms with Gasteiger partial charge in [0, 0.05) is 6.54 Å². The lowest BCUT2D eigenvalue weighted by Crippen LogP contribution is -2.45. The van der Waals surface area contributed by atoms with Gasteiger partial charge in [-0.25, -0.2) is 4.68 Å². The van der Waals surface area contributed by atoms with Crippen LogP contribution in [0.2, 0.25) is 0 Å². The summed E-state index contributed by atoms with van der Waals surface area (Å²) in [7, 11) is 0. The highest BCUT2D eigenvalue weighted by Gasteiger charge is 2.30. The van der Waals surface area contributed by atoms with Gasteiger partial charge in [0.25, 0.3) is 0 Å². The summed E-state index contributed by atoms with van der Waals surface area (Å²) in [6.07, 6.45) is 3.73. The maximum atomic E-state index is 12.1. The van der Waals surface area contributed by atoms with E-state index in [1.54, 1.807) is 4.68 Å². The summed E-state index contributed by atoms with van der Waals surface area (Å²) in [6, 6.07) is 17.7. The van der Waals surface area contributed by atoms with Gasteiger partial charge in [-0.2, -0.15) is 0 Å². The molecule has 2 atom stereocenters. The largest absolute Gasteiger partial charge is 0.391 e. The van der Waals surface area contributed by atoms with Gasteiger partial charge >= 0.3 is 0 Å².